The lowest BCUT2D eigenvalue weighted by molar-refractivity contribution is 0.683. The van der Waals surface area contributed by atoms with Crippen LogP contribution < -0.4 is 5.32 Å². The van der Waals surface area contributed by atoms with Gasteiger partial charge in [-0.2, -0.15) is 0 Å². The molecule has 70 valence electrons. The van der Waals surface area contributed by atoms with Crippen molar-refractivity contribution in [2.45, 2.75) is 19.5 Å². The van der Waals surface area contributed by atoms with Crippen LogP contribution in [0.1, 0.15) is 11.8 Å². The van der Waals surface area contributed by atoms with Crippen molar-refractivity contribution in [2.75, 3.05) is 0 Å². The quantitative estimate of drug-likeness (QED) is 0.709. The number of nitrogens with one attached hydrogen (secondary N) is 1. The third kappa shape index (κ3) is 3.57. The number of thiophene rings is 1. The lowest BCUT2D eigenvalue weighted by Gasteiger charge is -2.08. The predicted octanol–water partition coefficient (Wildman–Crippen LogP) is 2.97. The minimum absolute atomic E-state index is 0.284. The van der Waals surface area contributed by atoms with E-state index >= 15 is 0 Å². The number of hydrogen-bond donors (Lipinski definition) is 1. The summed E-state index contributed by atoms with van der Waals surface area (Å²) in [5.74, 6) is 0. The smallest absolute Gasteiger partial charge is 0.0435 e. The Kier molecular flexibility index (Phi) is 4.50. The zero-order valence-corrected chi connectivity index (χ0v) is 8.68. The maximum atomic E-state index is 3.77. The molecule has 0 aliphatic carbocycles. The van der Waals surface area contributed by atoms with Crippen LogP contribution >= 0.6 is 11.3 Å². The van der Waals surface area contributed by atoms with Crippen LogP contribution in [0.4, 0.5) is 0 Å². The van der Waals surface area contributed by atoms with Gasteiger partial charge in [0.25, 0.3) is 0 Å². The average Bonchev–Trinajstić information content (AvgIpc) is 2.64. The number of rotatable bonds is 5. The largest absolute Gasteiger partial charge is 0.302 e. The zero-order chi connectivity index (χ0) is 9.52. The van der Waals surface area contributed by atoms with Gasteiger partial charge in [0.2, 0.25) is 0 Å². The second-order valence-corrected chi connectivity index (χ2v) is 3.78. The van der Waals surface area contributed by atoms with Crippen LogP contribution in [0.2, 0.25) is 0 Å². The first-order valence-corrected chi connectivity index (χ1v) is 5.26. The standard InChI is InChI=1S/C11H15NS/c1-3-6-10(4-2)12-9-11-7-5-8-13-11/h3-8,10,12H,2,9H2,1H3/b6-3+/t10-/m0/s1. The SMILES string of the molecule is C=C[C@@H](/C=C/C)NCc1cccs1. The highest BCUT2D eigenvalue weighted by Crippen LogP contribution is 2.07. The Bertz CT molecular complexity index is 262. The summed E-state index contributed by atoms with van der Waals surface area (Å²) in [6, 6.07) is 4.49. The van der Waals surface area contributed by atoms with E-state index in [-0.39, 0.29) is 6.04 Å². The summed E-state index contributed by atoms with van der Waals surface area (Å²) in [6.45, 7) is 6.70. The zero-order valence-electron chi connectivity index (χ0n) is 7.86. The molecule has 0 fully saturated rings. The van der Waals surface area contributed by atoms with Gasteiger partial charge in [-0.3, -0.25) is 0 Å². The van der Waals surface area contributed by atoms with Crippen LogP contribution in [0.15, 0.2) is 42.3 Å². The summed E-state index contributed by atoms with van der Waals surface area (Å²) >= 11 is 1.77. The minimum atomic E-state index is 0.284. The van der Waals surface area contributed by atoms with Crippen molar-refractivity contribution < 1.29 is 0 Å². The molecule has 0 spiro atoms. The van der Waals surface area contributed by atoms with Gasteiger partial charge in [0.1, 0.15) is 0 Å². The van der Waals surface area contributed by atoms with E-state index in [2.05, 4.69) is 35.5 Å². The molecular weight excluding hydrogens is 178 g/mol. The monoisotopic (exact) mass is 193 g/mol. The summed E-state index contributed by atoms with van der Waals surface area (Å²) in [5, 5.41) is 5.47. The summed E-state index contributed by atoms with van der Waals surface area (Å²) < 4.78 is 0. The Morgan fingerprint density at radius 1 is 1.69 bits per heavy atom. The third-order valence-corrected chi connectivity index (χ3v) is 2.62. The summed E-state index contributed by atoms with van der Waals surface area (Å²) in [5.41, 5.74) is 0. The Morgan fingerprint density at radius 2 is 2.54 bits per heavy atom. The van der Waals surface area contributed by atoms with E-state index in [1.165, 1.54) is 4.88 Å². The molecule has 1 atom stereocenters. The van der Waals surface area contributed by atoms with Crippen LogP contribution in [0, 0.1) is 0 Å². The van der Waals surface area contributed by atoms with Crippen LogP contribution in [0.25, 0.3) is 0 Å². The van der Waals surface area contributed by atoms with Crippen LogP contribution in [-0.4, -0.2) is 6.04 Å². The highest BCUT2D eigenvalue weighted by Gasteiger charge is 1.98. The topological polar surface area (TPSA) is 12.0 Å². The Morgan fingerprint density at radius 3 is 3.08 bits per heavy atom. The van der Waals surface area contributed by atoms with Crippen molar-refractivity contribution in [3.63, 3.8) is 0 Å². The minimum Gasteiger partial charge on any atom is -0.302 e. The number of allylic oxidation sites excluding steroid dienone is 1. The molecule has 0 bridgehead atoms. The Balaban J connectivity index is 2.36. The fourth-order valence-corrected chi connectivity index (χ4v) is 1.72. The van der Waals surface area contributed by atoms with Gasteiger partial charge in [0.15, 0.2) is 0 Å². The van der Waals surface area contributed by atoms with Gasteiger partial charge in [0, 0.05) is 17.5 Å². The van der Waals surface area contributed by atoms with E-state index in [0.29, 0.717) is 0 Å². The van der Waals surface area contributed by atoms with Crippen molar-refractivity contribution in [1.82, 2.24) is 5.32 Å². The molecule has 0 saturated heterocycles. The molecule has 2 heteroatoms. The average molecular weight is 193 g/mol. The van der Waals surface area contributed by atoms with Crippen molar-refractivity contribution in [3.05, 3.63) is 47.2 Å². The molecule has 0 aliphatic heterocycles. The van der Waals surface area contributed by atoms with Crippen LogP contribution in [0.5, 0.6) is 0 Å². The molecule has 1 N–H and O–H groups in total. The maximum Gasteiger partial charge on any atom is 0.0435 e. The van der Waals surface area contributed by atoms with E-state index in [1.807, 2.05) is 19.1 Å². The van der Waals surface area contributed by atoms with Gasteiger partial charge in [0.05, 0.1) is 0 Å². The molecule has 1 nitrogen and oxygen atoms in total. The van der Waals surface area contributed by atoms with E-state index in [9.17, 15) is 0 Å². The first kappa shape index (κ1) is 10.2. The lowest BCUT2D eigenvalue weighted by atomic mass is 10.2. The summed E-state index contributed by atoms with van der Waals surface area (Å²) in [7, 11) is 0. The van der Waals surface area contributed by atoms with Gasteiger partial charge in [-0.1, -0.05) is 24.3 Å². The molecular formula is C11H15NS. The van der Waals surface area contributed by atoms with Crippen molar-refractivity contribution in [1.29, 1.82) is 0 Å². The molecule has 0 aromatic carbocycles. The first-order chi connectivity index (χ1) is 6.36. The third-order valence-electron chi connectivity index (χ3n) is 1.75. The molecule has 0 radical (unpaired) electrons. The molecule has 1 heterocycles. The molecule has 0 aliphatic rings. The Hall–Kier alpha value is -0.860. The molecule has 0 saturated carbocycles. The summed E-state index contributed by atoms with van der Waals surface area (Å²) in [4.78, 5) is 1.36. The molecule has 13 heavy (non-hydrogen) atoms. The van der Waals surface area contributed by atoms with Gasteiger partial charge in [-0.25, -0.2) is 0 Å². The molecule has 0 unspecified atom stereocenters. The van der Waals surface area contributed by atoms with Gasteiger partial charge >= 0.3 is 0 Å². The fourth-order valence-electron chi connectivity index (χ4n) is 1.07. The second kappa shape index (κ2) is 5.73. The van der Waals surface area contributed by atoms with Crippen molar-refractivity contribution in [3.8, 4) is 0 Å². The van der Waals surface area contributed by atoms with Crippen molar-refractivity contribution >= 4 is 11.3 Å². The normalized spacial score (nSPS) is 13.3. The highest BCUT2D eigenvalue weighted by atomic mass is 32.1. The predicted molar refractivity (Wildman–Crippen MR) is 60.0 cm³/mol. The fraction of sp³-hybridized carbons (Fsp3) is 0.273. The second-order valence-electron chi connectivity index (χ2n) is 2.75. The van der Waals surface area contributed by atoms with E-state index in [4.69, 9.17) is 0 Å². The molecule has 1 aromatic heterocycles. The first-order valence-electron chi connectivity index (χ1n) is 4.38. The van der Waals surface area contributed by atoms with E-state index < -0.39 is 0 Å². The summed E-state index contributed by atoms with van der Waals surface area (Å²) in [6.07, 6.45) is 6.04. The van der Waals surface area contributed by atoms with Gasteiger partial charge in [-0.15, -0.1) is 17.9 Å². The van der Waals surface area contributed by atoms with E-state index in [1.54, 1.807) is 11.3 Å². The lowest BCUT2D eigenvalue weighted by Crippen LogP contribution is -2.23. The Labute approximate surface area is 83.8 Å². The van der Waals surface area contributed by atoms with Crippen molar-refractivity contribution in [2.24, 2.45) is 0 Å². The molecule has 0 amide bonds. The van der Waals surface area contributed by atoms with Gasteiger partial charge < -0.3 is 5.32 Å². The van der Waals surface area contributed by atoms with Crippen LogP contribution in [0.3, 0.4) is 0 Å². The molecule has 1 aromatic rings. The van der Waals surface area contributed by atoms with Crippen LogP contribution in [-0.2, 0) is 6.54 Å². The maximum absolute atomic E-state index is 3.77. The molecule has 1 rings (SSSR count). The highest BCUT2D eigenvalue weighted by molar-refractivity contribution is 7.09. The number of hydrogen-bond acceptors (Lipinski definition) is 2. The van der Waals surface area contributed by atoms with Gasteiger partial charge in [-0.05, 0) is 18.4 Å². The van der Waals surface area contributed by atoms with E-state index in [0.717, 1.165) is 6.54 Å².